The highest BCUT2D eigenvalue weighted by Crippen LogP contribution is 2.29. The van der Waals surface area contributed by atoms with E-state index < -0.39 is 0 Å². The average molecular weight is 274 g/mol. The Bertz CT molecular complexity index is 321. The van der Waals surface area contributed by atoms with Crippen molar-refractivity contribution in [1.82, 2.24) is 10.2 Å². The molecule has 0 radical (unpaired) electrons. The van der Waals surface area contributed by atoms with Gasteiger partial charge in [0, 0.05) is 19.5 Å². The number of carbonyl (C=O) groups excluding carboxylic acids is 2. The second-order valence-corrected chi connectivity index (χ2v) is 5.71. The molecule has 4 nitrogen and oxygen atoms in total. The van der Waals surface area contributed by atoms with Gasteiger partial charge in [-0.3, -0.25) is 14.5 Å². The average Bonchev–Trinajstić information content (AvgIpc) is 2.59. The number of nitrogens with zero attached hydrogens (tertiary/aromatic N) is 1. The fourth-order valence-corrected chi connectivity index (χ4v) is 3.00. The molecule has 1 N–H and O–H groups in total. The number of hydrogen-bond donors (Lipinski definition) is 1. The van der Waals surface area contributed by atoms with Crippen LogP contribution in [-0.2, 0) is 9.59 Å². The molecule has 0 aromatic rings. The van der Waals surface area contributed by atoms with Crippen LogP contribution in [0.5, 0.6) is 0 Å². The van der Waals surface area contributed by atoms with Crippen molar-refractivity contribution in [1.29, 1.82) is 0 Å². The molecule has 0 spiro atoms. The first-order valence-corrected chi connectivity index (χ1v) is 7.17. The van der Waals surface area contributed by atoms with E-state index in [-0.39, 0.29) is 17.1 Å². The van der Waals surface area contributed by atoms with Gasteiger partial charge in [-0.15, -0.1) is 0 Å². The van der Waals surface area contributed by atoms with Crippen LogP contribution in [-0.4, -0.2) is 39.4 Å². The molecule has 0 aliphatic carbocycles. The zero-order valence-corrected chi connectivity index (χ0v) is 11.8. The topological polar surface area (TPSA) is 49.4 Å². The van der Waals surface area contributed by atoms with Crippen LogP contribution in [0.3, 0.4) is 0 Å². The molecule has 0 bridgehead atoms. The van der Waals surface area contributed by atoms with Crippen LogP contribution < -0.4 is 5.32 Å². The van der Waals surface area contributed by atoms with E-state index in [4.69, 9.17) is 12.2 Å². The smallest absolute Gasteiger partial charge is 0.241 e. The van der Waals surface area contributed by atoms with Crippen LogP contribution >= 0.6 is 24.0 Å². The molecule has 1 aliphatic heterocycles. The number of thiocarbonyl (C=S) groups is 1. The number of carbonyl (C=O) groups is 2. The molecule has 2 amide bonds. The van der Waals surface area contributed by atoms with E-state index in [1.165, 1.54) is 11.8 Å². The zero-order valence-electron chi connectivity index (χ0n) is 10.2. The maximum atomic E-state index is 11.9. The highest BCUT2D eigenvalue weighted by molar-refractivity contribution is 8.24. The Morgan fingerprint density at radius 2 is 2.24 bits per heavy atom. The molecule has 1 fully saturated rings. The van der Waals surface area contributed by atoms with Gasteiger partial charge in [-0.25, -0.2) is 0 Å². The summed E-state index contributed by atoms with van der Waals surface area (Å²) >= 11 is 6.56. The molecule has 1 heterocycles. The van der Waals surface area contributed by atoms with Crippen molar-refractivity contribution in [2.45, 2.75) is 38.4 Å². The van der Waals surface area contributed by atoms with Gasteiger partial charge in [-0.05, 0) is 12.8 Å². The van der Waals surface area contributed by atoms with Crippen LogP contribution in [0.1, 0.15) is 33.1 Å². The van der Waals surface area contributed by atoms with Crippen molar-refractivity contribution < 1.29 is 9.59 Å². The van der Waals surface area contributed by atoms with Crippen molar-refractivity contribution in [3.05, 3.63) is 0 Å². The Kier molecular flexibility index (Phi) is 5.91. The molecule has 96 valence electrons. The lowest BCUT2D eigenvalue weighted by Crippen LogP contribution is -2.35. The largest absolute Gasteiger partial charge is 0.356 e. The van der Waals surface area contributed by atoms with Gasteiger partial charge in [0.15, 0.2) is 0 Å². The molecule has 17 heavy (non-hydrogen) atoms. The normalized spacial score (nSPS) is 19.9. The minimum atomic E-state index is -0.0544. The van der Waals surface area contributed by atoms with E-state index in [9.17, 15) is 9.59 Å². The van der Waals surface area contributed by atoms with E-state index in [1.807, 2.05) is 13.8 Å². The lowest BCUT2D eigenvalue weighted by molar-refractivity contribution is -0.126. The van der Waals surface area contributed by atoms with E-state index >= 15 is 0 Å². The summed E-state index contributed by atoms with van der Waals surface area (Å²) in [4.78, 5) is 24.8. The molecule has 6 heteroatoms. The summed E-state index contributed by atoms with van der Waals surface area (Å²) in [5, 5.41) is 2.73. The molecule has 1 rings (SSSR count). The first kappa shape index (κ1) is 14.4. The minimum Gasteiger partial charge on any atom is -0.356 e. The van der Waals surface area contributed by atoms with Crippen molar-refractivity contribution in [2.24, 2.45) is 0 Å². The molecule has 0 saturated carbocycles. The van der Waals surface area contributed by atoms with Crippen LogP contribution in [0.15, 0.2) is 0 Å². The van der Waals surface area contributed by atoms with E-state index in [0.717, 1.165) is 12.8 Å². The standard InChI is InChI=1S/C11H18N2O2S2/c1-3-6-12-9(14)5-7-13-10(15)8(4-2)17-11(13)16/h8H,3-7H2,1-2H3,(H,12,14). The van der Waals surface area contributed by atoms with Gasteiger partial charge in [0.05, 0.1) is 5.25 Å². The maximum Gasteiger partial charge on any atom is 0.241 e. The molecule has 1 saturated heterocycles. The number of hydrogen-bond acceptors (Lipinski definition) is 4. The Labute approximate surface area is 111 Å². The predicted octanol–water partition coefficient (Wildman–Crippen LogP) is 1.54. The first-order chi connectivity index (χ1) is 8.10. The van der Waals surface area contributed by atoms with E-state index in [2.05, 4.69) is 5.32 Å². The predicted molar refractivity (Wildman–Crippen MR) is 73.9 cm³/mol. The van der Waals surface area contributed by atoms with Crippen molar-refractivity contribution in [2.75, 3.05) is 13.1 Å². The molecule has 0 aromatic carbocycles. The van der Waals surface area contributed by atoms with Gasteiger partial charge in [0.2, 0.25) is 11.8 Å². The molecule has 1 aliphatic rings. The van der Waals surface area contributed by atoms with Gasteiger partial charge in [-0.1, -0.05) is 37.8 Å². The van der Waals surface area contributed by atoms with Gasteiger partial charge in [0.25, 0.3) is 0 Å². The third kappa shape index (κ3) is 3.96. The summed E-state index contributed by atoms with van der Waals surface area (Å²) in [6, 6.07) is 0. The third-order valence-electron chi connectivity index (χ3n) is 2.51. The first-order valence-electron chi connectivity index (χ1n) is 5.88. The molecule has 0 aromatic heterocycles. The van der Waals surface area contributed by atoms with Crippen LogP contribution in [0.4, 0.5) is 0 Å². The van der Waals surface area contributed by atoms with Gasteiger partial charge in [-0.2, -0.15) is 0 Å². The quantitative estimate of drug-likeness (QED) is 0.747. The highest BCUT2D eigenvalue weighted by Gasteiger charge is 2.35. The summed E-state index contributed by atoms with van der Waals surface area (Å²) in [7, 11) is 0. The van der Waals surface area contributed by atoms with Crippen molar-refractivity contribution in [3.63, 3.8) is 0 Å². The summed E-state index contributed by atoms with van der Waals surface area (Å²) in [6.45, 7) is 5.05. The lowest BCUT2D eigenvalue weighted by Gasteiger charge is -2.14. The summed E-state index contributed by atoms with van der Waals surface area (Å²) in [5.74, 6) is 0.0261. The zero-order chi connectivity index (χ0) is 12.8. The molecule has 1 unspecified atom stereocenters. The van der Waals surface area contributed by atoms with E-state index in [0.29, 0.717) is 23.8 Å². The molecule has 1 atom stereocenters. The fraction of sp³-hybridized carbons (Fsp3) is 0.727. The summed E-state index contributed by atoms with van der Waals surface area (Å²) in [5.41, 5.74) is 0. The Hall–Kier alpha value is -0.620. The summed E-state index contributed by atoms with van der Waals surface area (Å²) in [6.07, 6.45) is 2.02. The van der Waals surface area contributed by atoms with Gasteiger partial charge in [0.1, 0.15) is 4.32 Å². The number of amides is 2. The van der Waals surface area contributed by atoms with Gasteiger partial charge >= 0.3 is 0 Å². The SMILES string of the molecule is CCCNC(=O)CCN1C(=O)C(CC)SC1=S. The second kappa shape index (κ2) is 6.96. The lowest BCUT2D eigenvalue weighted by atomic mass is 10.3. The van der Waals surface area contributed by atoms with Crippen molar-refractivity contribution in [3.8, 4) is 0 Å². The maximum absolute atomic E-state index is 11.9. The number of nitrogens with one attached hydrogen (secondary N) is 1. The minimum absolute atomic E-state index is 0.0209. The van der Waals surface area contributed by atoms with Crippen LogP contribution in [0, 0.1) is 0 Å². The Morgan fingerprint density at radius 3 is 2.76 bits per heavy atom. The molecular formula is C11H18N2O2S2. The molecular weight excluding hydrogens is 256 g/mol. The van der Waals surface area contributed by atoms with Gasteiger partial charge < -0.3 is 5.32 Å². The van der Waals surface area contributed by atoms with Crippen molar-refractivity contribution >= 4 is 40.1 Å². The van der Waals surface area contributed by atoms with E-state index in [1.54, 1.807) is 4.90 Å². The Balaban J connectivity index is 2.39. The third-order valence-corrected chi connectivity index (χ3v) is 4.26. The number of rotatable bonds is 6. The Morgan fingerprint density at radius 1 is 1.53 bits per heavy atom. The van der Waals surface area contributed by atoms with Crippen LogP contribution in [0.2, 0.25) is 0 Å². The second-order valence-electron chi connectivity index (χ2n) is 3.87. The monoisotopic (exact) mass is 274 g/mol. The highest BCUT2D eigenvalue weighted by atomic mass is 32.2. The van der Waals surface area contributed by atoms with Crippen LogP contribution in [0.25, 0.3) is 0 Å². The fourth-order valence-electron chi connectivity index (χ4n) is 1.53. The number of thioether (sulfide) groups is 1. The summed E-state index contributed by atoms with van der Waals surface area (Å²) < 4.78 is 0.602.